The first-order chi connectivity index (χ1) is 12.2. The first-order valence-electron chi connectivity index (χ1n) is 8.25. The third-order valence-electron chi connectivity index (χ3n) is 4.49. The van der Waals surface area contributed by atoms with Crippen LogP contribution in [0.5, 0.6) is 0 Å². The van der Waals surface area contributed by atoms with Crippen molar-refractivity contribution in [1.82, 2.24) is 0 Å². The largest absolute Gasteiger partial charge is 0.365 e. The fraction of sp³-hybridized carbons (Fsp3) is 0.0909. The Morgan fingerprint density at radius 2 is 1.56 bits per heavy atom. The standard InChI is InChI=1S/C22H17NO2/c1-15(23-25-22(24)16-7-3-2-4-8-16)17-11-12-21-19(13-17)14-18-9-5-6-10-20(18)21/h2-13H,14H2,1H3/b23-15-. The second-order valence-corrected chi connectivity index (χ2v) is 6.13. The predicted molar refractivity (Wildman–Crippen MR) is 98.8 cm³/mol. The molecule has 4 rings (SSSR count). The van der Waals surface area contributed by atoms with Gasteiger partial charge in [0.05, 0.1) is 11.3 Å². The molecule has 0 saturated carbocycles. The van der Waals surface area contributed by atoms with E-state index in [4.69, 9.17) is 4.84 Å². The molecule has 3 heteroatoms. The Bertz CT molecular complexity index is 974. The molecule has 0 radical (unpaired) electrons. The van der Waals surface area contributed by atoms with Crippen LogP contribution in [0.3, 0.4) is 0 Å². The van der Waals surface area contributed by atoms with Crippen LogP contribution in [0.4, 0.5) is 0 Å². The average Bonchev–Trinajstić information content (AvgIpc) is 3.04. The molecule has 0 aliphatic heterocycles. The molecule has 3 aromatic rings. The van der Waals surface area contributed by atoms with Crippen molar-refractivity contribution >= 4 is 11.7 Å². The average molecular weight is 327 g/mol. The summed E-state index contributed by atoms with van der Waals surface area (Å²) in [6.45, 7) is 1.85. The maximum Gasteiger partial charge on any atom is 0.365 e. The third-order valence-corrected chi connectivity index (χ3v) is 4.49. The molecule has 0 aromatic heterocycles. The highest BCUT2D eigenvalue weighted by Gasteiger charge is 2.18. The predicted octanol–water partition coefficient (Wildman–Crippen LogP) is 4.84. The first kappa shape index (κ1) is 15.3. The maximum atomic E-state index is 12.0. The monoisotopic (exact) mass is 327 g/mol. The molecule has 0 heterocycles. The number of carbonyl (C=O) groups is 1. The second-order valence-electron chi connectivity index (χ2n) is 6.13. The minimum atomic E-state index is -0.450. The van der Waals surface area contributed by atoms with Gasteiger partial charge in [-0.1, -0.05) is 59.8 Å². The van der Waals surface area contributed by atoms with E-state index >= 15 is 0 Å². The zero-order valence-electron chi connectivity index (χ0n) is 13.9. The Morgan fingerprint density at radius 1 is 0.840 bits per heavy atom. The van der Waals surface area contributed by atoms with Crippen LogP contribution in [0.25, 0.3) is 11.1 Å². The van der Waals surface area contributed by atoms with E-state index in [2.05, 4.69) is 41.6 Å². The molecule has 0 N–H and O–H groups in total. The molecule has 0 atom stereocenters. The van der Waals surface area contributed by atoms with Crippen LogP contribution >= 0.6 is 0 Å². The third kappa shape index (κ3) is 2.96. The van der Waals surface area contributed by atoms with Crippen molar-refractivity contribution in [1.29, 1.82) is 0 Å². The van der Waals surface area contributed by atoms with E-state index in [1.54, 1.807) is 24.3 Å². The molecule has 0 unspecified atom stereocenters. The van der Waals surface area contributed by atoms with Gasteiger partial charge in [0.1, 0.15) is 0 Å². The number of oxime groups is 1. The smallest absolute Gasteiger partial charge is 0.313 e. The summed E-state index contributed by atoms with van der Waals surface area (Å²) in [5, 5.41) is 4.01. The van der Waals surface area contributed by atoms with E-state index in [0.29, 0.717) is 11.3 Å². The summed E-state index contributed by atoms with van der Waals surface area (Å²) in [5.41, 5.74) is 7.34. The van der Waals surface area contributed by atoms with E-state index in [1.807, 2.05) is 19.1 Å². The molecule has 122 valence electrons. The molecule has 1 aliphatic carbocycles. The van der Waals surface area contributed by atoms with Gasteiger partial charge in [0.25, 0.3) is 0 Å². The molecule has 0 spiro atoms. The van der Waals surface area contributed by atoms with E-state index in [-0.39, 0.29) is 0 Å². The molecular formula is C22H17NO2. The lowest BCUT2D eigenvalue weighted by Gasteiger charge is -2.05. The van der Waals surface area contributed by atoms with Gasteiger partial charge in [-0.25, -0.2) is 4.79 Å². The Hall–Kier alpha value is -3.20. The quantitative estimate of drug-likeness (QED) is 0.307. The van der Waals surface area contributed by atoms with Crippen LogP contribution in [0.2, 0.25) is 0 Å². The molecule has 3 aromatic carbocycles. The highest BCUT2D eigenvalue weighted by atomic mass is 16.7. The molecule has 3 nitrogen and oxygen atoms in total. The van der Waals surface area contributed by atoms with Crippen LogP contribution in [-0.4, -0.2) is 11.7 Å². The van der Waals surface area contributed by atoms with Gasteiger partial charge in [0.2, 0.25) is 0 Å². The van der Waals surface area contributed by atoms with E-state index in [1.165, 1.54) is 22.3 Å². The summed E-state index contributed by atoms with van der Waals surface area (Å²) in [6, 6.07) is 23.6. The van der Waals surface area contributed by atoms with Gasteiger partial charge < -0.3 is 4.84 Å². The van der Waals surface area contributed by atoms with Gasteiger partial charge in [-0.05, 0) is 59.4 Å². The number of nitrogens with zero attached hydrogens (tertiary/aromatic N) is 1. The fourth-order valence-corrected chi connectivity index (χ4v) is 3.16. The SMILES string of the molecule is C/C(=N/OC(=O)c1ccccc1)c1ccc2c(c1)Cc1ccccc1-2. The normalized spacial score (nSPS) is 12.4. The summed E-state index contributed by atoms with van der Waals surface area (Å²) >= 11 is 0. The fourth-order valence-electron chi connectivity index (χ4n) is 3.16. The number of benzene rings is 3. The second kappa shape index (κ2) is 6.36. The molecular weight excluding hydrogens is 310 g/mol. The number of hydrogen-bond donors (Lipinski definition) is 0. The number of rotatable bonds is 3. The lowest BCUT2D eigenvalue weighted by molar-refractivity contribution is 0.0516. The van der Waals surface area contributed by atoms with Crippen LogP contribution < -0.4 is 0 Å². The van der Waals surface area contributed by atoms with Crippen LogP contribution in [0.15, 0.2) is 78.0 Å². The lowest BCUT2D eigenvalue weighted by atomic mass is 10.0. The van der Waals surface area contributed by atoms with Crippen LogP contribution in [0.1, 0.15) is 34.0 Å². The summed E-state index contributed by atoms with van der Waals surface area (Å²) in [6.07, 6.45) is 0.927. The van der Waals surface area contributed by atoms with Gasteiger partial charge in [-0.15, -0.1) is 0 Å². The van der Waals surface area contributed by atoms with Crippen molar-refractivity contribution in [2.75, 3.05) is 0 Å². The van der Waals surface area contributed by atoms with Gasteiger partial charge >= 0.3 is 5.97 Å². The van der Waals surface area contributed by atoms with E-state index in [0.717, 1.165) is 12.0 Å². The van der Waals surface area contributed by atoms with Crippen molar-refractivity contribution in [3.8, 4) is 11.1 Å². The van der Waals surface area contributed by atoms with Gasteiger partial charge in [0.15, 0.2) is 0 Å². The van der Waals surface area contributed by atoms with Crippen molar-refractivity contribution in [3.05, 3.63) is 95.1 Å². The van der Waals surface area contributed by atoms with Gasteiger partial charge in [-0.3, -0.25) is 0 Å². The summed E-state index contributed by atoms with van der Waals surface area (Å²) in [4.78, 5) is 17.1. The van der Waals surface area contributed by atoms with E-state index in [9.17, 15) is 4.79 Å². The molecule has 25 heavy (non-hydrogen) atoms. The van der Waals surface area contributed by atoms with Crippen molar-refractivity contribution < 1.29 is 9.63 Å². The topological polar surface area (TPSA) is 38.7 Å². The summed E-state index contributed by atoms with van der Waals surface area (Å²) in [5.74, 6) is -0.450. The maximum absolute atomic E-state index is 12.0. The Balaban J connectivity index is 1.55. The number of hydrogen-bond acceptors (Lipinski definition) is 3. The Labute approximate surface area is 146 Å². The number of carbonyl (C=O) groups excluding carboxylic acids is 1. The zero-order chi connectivity index (χ0) is 17.2. The molecule has 1 aliphatic rings. The van der Waals surface area contributed by atoms with Gasteiger partial charge in [-0.2, -0.15) is 0 Å². The van der Waals surface area contributed by atoms with Crippen molar-refractivity contribution in [2.24, 2.45) is 5.16 Å². The van der Waals surface area contributed by atoms with Crippen molar-refractivity contribution in [3.63, 3.8) is 0 Å². The number of fused-ring (bicyclic) bond motifs is 3. The van der Waals surface area contributed by atoms with Crippen molar-refractivity contribution in [2.45, 2.75) is 13.3 Å². The molecule has 0 bridgehead atoms. The lowest BCUT2D eigenvalue weighted by Crippen LogP contribution is -2.04. The van der Waals surface area contributed by atoms with Gasteiger partial charge in [0, 0.05) is 0 Å². The Kier molecular flexibility index (Phi) is 3.90. The summed E-state index contributed by atoms with van der Waals surface area (Å²) < 4.78 is 0. The first-order valence-corrected chi connectivity index (χ1v) is 8.25. The minimum Gasteiger partial charge on any atom is -0.313 e. The highest BCUT2D eigenvalue weighted by Crippen LogP contribution is 2.36. The minimum absolute atomic E-state index is 0.450. The summed E-state index contributed by atoms with van der Waals surface area (Å²) in [7, 11) is 0. The molecule has 0 saturated heterocycles. The Morgan fingerprint density at radius 3 is 2.40 bits per heavy atom. The highest BCUT2D eigenvalue weighted by molar-refractivity contribution is 6.00. The zero-order valence-corrected chi connectivity index (χ0v) is 13.9. The molecule has 0 amide bonds. The van der Waals surface area contributed by atoms with E-state index < -0.39 is 5.97 Å². The van der Waals surface area contributed by atoms with Crippen LogP contribution in [0, 0.1) is 0 Å². The van der Waals surface area contributed by atoms with Crippen LogP contribution in [-0.2, 0) is 11.3 Å². The molecule has 0 fully saturated rings.